The molecule has 1 rings (SSSR count). The molecule has 0 spiro atoms. The highest BCUT2D eigenvalue weighted by molar-refractivity contribution is 8.49. The number of aryl methyl sites for hydroxylation is 1. The first kappa shape index (κ1) is 14.5. The van der Waals surface area contributed by atoms with Crippen molar-refractivity contribution in [1.82, 2.24) is 0 Å². The number of carbonyl (C=O) groups excluding carboxylic acids is 1. The first-order chi connectivity index (χ1) is 7.88. The van der Waals surface area contributed by atoms with Crippen LogP contribution in [0.2, 0.25) is 0 Å². The zero-order chi connectivity index (χ0) is 13.1. The largest absolute Gasteiger partial charge is 0.366 e. The number of thiol groups is 1. The Morgan fingerprint density at radius 2 is 2.06 bits per heavy atom. The van der Waals surface area contributed by atoms with E-state index in [0.29, 0.717) is 5.56 Å². The van der Waals surface area contributed by atoms with Gasteiger partial charge in [-0.2, -0.15) is 0 Å². The molecule has 0 radical (unpaired) electrons. The average molecular weight is 274 g/mol. The highest BCUT2D eigenvalue weighted by atomic mass is 32.7. The maximum absolute atomic E-state index is 11.4. The Balaban J connectivity index is 3.23. The zero-order valence-corrected chi connectivity index (χ0v) is 11.4. The SMILES string of the molecule is CCCc1ccccc1C(C(N)=O)[P+](O)(O)S. The van der Waals surface area contributed by atoms with E-state index in [2.05, 4.69) is 12.2 Å². The van der Waals surface area contributed by atoms with Crippen molar-refractivity contribution in [2.45, 2.75) is 25.4 Å². The summed E-state index contributed by atoms with van der Waals surface area (Å²) in [7, 11) is 0. The summed E-state index contributed by atoms with van der Waals surface area (Å²) in [5, 5.41) is 0. The molecular formula is C11H17NO3PS+. The number of benzene rings is 1. The standard InChI is InChI=1S/C11H16NO3PS/c1-2-5-8-6-3-4-7-9(8)10(11(12)13)16(14,15)17/h3-4,6-7,10,14-15,17H,2,5H2,1H3,(H-,12,13)/p+1. The van der Waals surface area contributed by atoms with Gasteiger partial charge in [0.15, 0.2) is 0 Å². The molecule has 0 fully saturated rings. The molecule has 1 amide bonds. The molecule has 4 N–H and O–H groups in total. The van der Waals surface area contributed by atoms with Crippen molar-refractivity contribution in [2.75, 3.05) is 0 Å². The van der Waals surface area contributed by atoms with Gasteiger partial charge in [-0.05, 0) is 12.0 Å². The normalized spacial score (nSPS) is 13.4. The third kappa shape index (κ3) is 3.68. The van der Waals surface area contributed by atoms with E-state index in [1.54, 1.807) is 12.1 Å². The van der Waals surface area contributed by atoms with Gasteiger partial charge in [0.1, 0.15) is 0 Å². The topological polar surface area (TPSA) is 83.6 Å². The fraction of sp³-hybridized carbons (Fsp3) is 0.364. The molecule has 0 aromatic heterocycles. The molecule has 0 aliphatic rings. The smallest absolute Gasteiger partial charge is 0.341 e. The molecule has 4 nitrogen and oxygen atoms in total. The molecule has 0 aliphatic heterocycles. The summed E-state index contributed by atoms with van der Waals surface area (Å²) >= 11 is 3.74. The second-order valence-electron chi connectivity index (χ2n) is 3.87. The van der Waals surface area contributed by atoms with Crippen LogP contribution in [-0.4, -0.2) is 15.7 Å². The Morgan fingerprint density at radius 1 is 1.47 bits per heavy atom. The molecular weight excluding hydrogens is 257 g/mol. The monoisotopic (exact) mass is 274 g/mol. The van der Waals surface area contributed by atoms with E-state index in [1.165, 1.54) is 0 Å². The van der Waals surface area contributed by atoms with Crippen molar-refractivity contribution in [1.29, 1.82) is 0 Å². The van der Waals surface area contributed by atoms with Gasteiger partial charge in [0.25, 0.3) is 5.91 Å². The van der Waals surface area contributed by atoms with Gasteiger partial charge < -0.3 is 5.73 Å². The minimum atomic E-state index is -3.63. The molecule has 0 saturated carbocycles. The highest BCUT2D eigenvalue weighted by Gasteiger charge is 2.47. The molecule has 0 heterocycles. The lowest BCUT2D eigenvalue weighted by Gasteiger charge is -2.18. The minimum absolute atomic E-state index is 0.565. The van der Waals surface area contributed by atoms with E-state index in [1.807, 2.05) is 19.1 Å². The summed E-state index contributed by atoms with van der Waals surface area (Å²) in [4.78, 5) is 30.6. The molecule has 6 heteroatoms. The summed E-state index contributed by atoms with van der Waals surface area (Å²) < 4.78 is 0. The molecule has 1 unspecified atom stereocenters. The molecule has 1 aromatic carbocycles. The van der Waals surface area contributed by atoms with Crippen molar-refractivity contribution in [3.63, 3.8) is 0 Å². The van der Waals surface area contributed by atoms with Crippen LogP contribution in [-0.2, 0) is 11.2 Å². The molecule has 94 valence electrons. The summed E-state index contributed by atoms with van der Waals surface area (Å²) in [6.07, 6.45) is 1.66. The Morgan fingerprint density at radius 3 is 2.53 bits per heavy atom. The van der Waals surface area contributed by atoms with Crippen molar-refractivity contribution >= 4 is 25.1 Å². The van der Waals surface area contributed by atoms with Gasteiger partial charge in [0, 0.05) is 5.56 Å². The lowest BCUT2D eigenvalue weighted by atomic mass is 10.0. The van der Waals surface area contributed by atoms with Crippen molar-refractivity contribution < 1.29 is 14.6 Å². The van der Waals surface area contributed by atoms with Crippen LogP contribution < -0.4 is 5.73 Å². The lowest BCUT2D eigenvalue weighted by Crippen LogP contribution is -2.23. The van der Waals surface area contributed by atoms with E-state index in [9.17, 15) is 14.6 Å². The number of amides is 1. The van der Waals surface area contributed by atoms with Crippen LogP contribution in [0, 0.1) is 0 Å². The quantitative estimate of drug-likeness (QED) is 0.488. The van der Waals surface area contributed by atoms with Crippen LogP contribution in [0.25, 0.3) is 0 Å². The van der Waals surface area contributed by atoms with E-state index in [-0.39, 0.29) is 0 Å². The fourth-order valence-electron chi connectivity index (χ4n) is 1.81. The van der Waals surface area contributed by atoms with E-state index in [4.69, 9.17) is 5.73 Å². The predicted molar refractivity (Wildman–Crippen MR) is 72.7 cm³/mol. The molecule has 17 heavy (non-hydrogen) atoms. The van der Waals surface area contributed by atoms with E-state index < -0.39 is 18.5 Å². The zero-order valence-electron chi connectivity index (χ0n) is 9.58. The van der Waals surface area contributed by atoms with Gasteiger partial charge in [0.2, 0.25) is 5.66 Å². The second kappa shape index (κ2) is 5.83. The number of hydrogen-bond acceptors (Lipinski definition) is 4. The molecule has 0 saturated heterocycles. The van der Waals surface area contributed by atoms with E-state index >= 15 is 0 Å². The number of primary amides is 1. The summed E-state index contributed by atoms with van der Waals surface area (Å²) in [5.41, 5.74) is 5.58. The number of hydrogen-bond donors (Lipinski definition) is 4. The van der Waals surface area contributed by atoms with E-state index in [0.717, 1.165) is 18.4 Å². The van der Waals surface area contributed by atoms with Crippen LogP contribution in [0.15, 0.2) is 24.3 Å². The lowest BCUT2D eigenvalue weighted by molar-refractivity contribution is -0.117. The van der Waals surface area contributed by atoms with Crippen LogP contribution in [0.5, 0.6) is 0 Å². The van der Waals surface area contributed by atoms with Gasteiger partial charge in [-0.15, -0.1) is 0 Å². The summed E-state index contributed by atoms with van der Waals surface area (Å²) in [6, 6.07) is 7.14. The van der Waals surface area contributed by atoms with Gasteiger partial charge >= 0.3 is 6.92 Å². The van der Waals surface area contributed by atoms with Gasteiger partial charge in [-0.3, -0.25) is 4.79 Å². The number of rotatable bonds is 5. The van der Waals surface area contributed by atoms with Crippen molar-refractivity contribution in [3.8, 4) is 0 Å². The van der Waals surface area contributed by atoms with Gasteiger partial charge in [-0.25, -0.2) is 9.79 Å². The third-order valence-corrected chi connectivity index (χ3v) is 4.40. The second-order valence-corrected chi connectivity index (χ2v) is 7.38. The fourth-order valence-corrected chi connectivity index (χ4v) is 3.49. The van der Waals surface area contributed by atoms with Crippen LogP contribution in [0.4, 0.5) is 0 Å². The third-order valence-electron chi connectivity index (χ3n) is 2.48. The Bertz CT molecular complexity index is 406. The van der Waals surface area contributed by atoms with Gasteiger partial charge in [0.05, 0.1) is 12.2 Å². The highest BCUT2D eigenvalue weighted by Crippen LogP contribution is 2.67. The maximum Gasteiger partial charge on any atom is 0.341 e. The Labute approximate surface area is 107 Å². The van der Waals surface area contributed by atoms with Crippen LogP contribution in [0.3, 0.4) is 0 Å². The van der Waals surface area contributed by atoms with Crippen LogP contribution in [0.1, 0.15) is 30.1 Å². The van der Waals surface area contributed by atoms with Crippen molar-refractivity contribution in [2.24, 2.45) is 5.73 Å². The average Bonchev–Trinajstić information content (AvgIpc) is 2.18. The number of carbonyl (C=O) groups is 1. The summed E-state index contributed by atoms with van der Waals surface area (Å²) in [5.74, 6) is -0.762. The maximum atomic E-state index is 11.4. The predicted octanol–water partition coefficient (Wildman–Crippen LogP) is 1.84. The van der Waals surface area contributed by atoms with Gasteiger partial charge in [-0.1, -0.05) is 37.6 Å². The molecule has 0 aliphatic carbocycles. The van der Waals surface area contributed by atoms with Crippen molar-refractivity contribution in [3.05, 3.63) is 35.4 Å². The Kier molecular flexibility index (Phi) is 4.95. The summed E-state index contributed by atoms with van der Waals surface area (Å²) in [6.45, 7) is -1.62. The molecule has 0 bridgehead atoms. The Hall–Kier alpha value is -0.610. The number of nitrogens with two attached hydrogens (primary N) is 1. The minimum Gasteiger partial charge on any atom is -0.366 e. The first-order valence-electron chi connectivity index (χ1n) is 5.32. The molecule has 1 aromatic rings. The van der Waals surface area contributed by atoms with Crippen LogP contribution >= 0.6 is 19.2 Å². The molecule has 1 atom stereocenters. The first-order valence-corrected chi connectivity index (χ1v) is 8.23.